The van der Waals surface area contributed by atoms with Crippen LogP contribution in [-0.4, -0.2) is 42.4 Å². The van der Waals surface area contributed by atoms with Crippen LogP contribution in [0.25, 0.3) is 0 Å². The molecule has 0 saturated heterocycles. The van der Waals surface area contributed by atoms with E-state index in [4.69, 9.17) is 32.7 Å². The number of hydrogen-bond donors (Lipinski definition) is 1. The summed E-state index contributed by atoms with van der Waals surface area (Å²) in [6.07, 6.45) is 2.69. The Balaban J connectivity index is 2.13. The summed E-state index contributed by atoms with van der Waals surface area (Å²) in [6.45, 7) is 5.44. The van der Waals surface area contributed by atoms with Crippen LogP contribution in [0.5, 0.6) is 5.75 Å². The molecule has 1 atom stereocenters. The number of esters is 1. The first kappa shape index (κ1) is 23.8. The van der Waals surface area contributed by atoms with Crippen LogP contribution in [0, 0.1) is 0 Å². The van der Waals surface area contributed by atoms with Crippen molar-refractivity contribution in [1.82, 2.24) is 10.3 Å². The number of amides is 1. The summed E-state index contributed by atoms with van der Waals surface area (Å²) in [6, 6.07) is 6.31. The van der Waals surface area contributed by atoms with Gasteiger partial charge < -0.3 is 19.5 Å². The number of nitrogens with zero attached hydrogens (tertiary/aromatic N) is 1. The molecule has 0 spiro atoms. The van der Waals surface area contributed by atoms with Gasteiger partial charge in [0, 0.05) is 6.20 Å². The normalized spacial score (nSPS) is 12.1. The molecule has 1 N–H and O–H groups in total. The number of benzene rings is 1. The lowest BCUT2D eigenvalue weighted by molar-refractivity contribution is 0.0487. The molecule has 1 aromatic carbocycles. The van der Waals surface area contributed by atoms with E-state index in [9.17, 15) is 9.59 Å². The second kappa shape index (κ2) is 10.5. The minimum absolute atomic E-state index is 0.103. The average Bonchev–Trinajstić information content (AvgIpc) is 2.67. The average molecular weight is 455 g/mol. The Kier molecular flexibility index (Phi) is 8.32. The predicted molar refractivity (Wildman–Crippen MR) is 114 cm³/mol. The molecule has 0 aliphatic carbocycles. The minimum atomic E-state index is -0.641. The molecule has 0 unspecified atom stereocenters. The molecule has 7 nitrogen and oxygen atoms in total. The smallest absolute Gasteiger partial charge is 0.408 e. The Morgan fingerprint density at radius 3 is 2.50 bits per heavy atom. The van der Waals surface area contributed by atoms with Crippen molar-refractivity contribution in [2.24, 2.45) is 0 Å². The maximum absolute atomic E-state index is 12.3. The van der Waals surface area contributed by atoms with Gasteiger partial charge in [-0.05, 0) is 51.0 Å². The number of nitrogens with one attached hydrogen (secondary N) is 1. The third kappa shape index (κ3) is 7.72. The van der Waals surface area contributed by atoms with Crippen LogP contribution >= 0.6 is 23.2 Å². The van der Waals surface area contributed by atoms with Crippen LogP contribution in [0.2, 0.25) is 10.0 Å². The largest absolute Gasteiger partial charge is 0.490 e. The Morgan fingerprint density at radius 2 is 1.87 bits per heavy atom. The molecular weight excluding hydrogens is 431 g/mol. The summed E-state index contributed by atoms with van der Waals surface area (Å²) < 4.78 is 15.8. The van der Waals surface area contributed by atoms with Crippen LogP contribution in [-0.2, 0) is 15.9 Å². The topological polar surface area (TPSA) is 86.8 Å². The molecule has 9 heteroatoms. The fourth-order valence-corrected chi connectivity index (χ4v) is 2.82. The molecule has 0 bridgehead atoms. The van der Waals surface area contributed by atoms with Gasteiger partial charge in [-0.25, -0.2) is 9.59 Å². The van der Waals surface area contributed by atoms with Crippen LogP contribution in [0.15, 0.2) is 36.7 Å². The summed E-state index contributed by atoms with van der Waals surface area (Å²) in [5.74, 6) is -0.157. The van der Waals surface area contributed by atoms with Gasteiger partial charge in [0.05, 0.1) is 35.0 Å². The number of carbonyl (C=O) groups excluding carboxylic acids is 2. The van der Waals surface area contributed by atoms with Gasteiger partial charge in [0.1, 0.15) is 18.0 Å². The number of methoxy groups -OCH3 is 1. The molecule has 0 radical (unpaired) electrons. The van der Waals surface area contributed by atoms with E-state index < -0.39 is 23.7 Å². The lowest BCUT2D eigenvalue weighted by Crippen LogP contribution is -2.43. The summed E-state index contributed by atoms with van der Waals surface area (Å²) in [5.41, 5.74) is 0.476. The van der Waals surface area contributed by atoms with Crippen molar-refractivity contribution in [2.75, 3.05) is 13.7 Å². The standard InChI is InChI=1S/C21H24Cl2N2O5/c1-21(2,3)30-20(27)25-15(7-13-5-6-17(22)18(23)8-13)12-29-16-9-14(10-24-11-16)19(26)28-4/h5-6,8-11,15H,7,12H2,1-4H3,(H,25,27)/t15-/m0/s1. The van der Waals surface area contributed by atoms with Crippen molar-refractivity contribution >= 4 is 35.3 Å². The van der Waals surface area contributed by atoms with E-state index >= 15 is 0 Å². The Bertz CT molecular complexity index is 899. The highest BCUT2D eigenvalue weighted by molar-refractivity contribution is 6.42. The monoisotopic (exact) mass is 454 g/mol. The van der Waals surface area contributed by atoms with E-state index in [-0.39, 0.29) is 12.2 Å². The number of hydrogen-bond acceptors (Lipinski definition) is 6. The van der Waals surface area contributed by atoms with Crippen molar-refractivity contribution in [3.8, 4) is 5.75 Å². The van der Waals surface area contributed by atoms with Gasteiger partial charge in [-0.15, -0.1) is 0 Å². The van der Waals surface area contributed by atoms with E-state index in [2.05, 4.69) is 15.0 Å². The van der Waals surface area contributed by atoms with Crippen molar-refractivity contribution in [1.29, 1.82) is 0 Å². The molecule has 0 saturated carbocycles. The van der Waals surface area contributed by atoms with Gasteiger partial charge >= 0.3 is 12.1 Å². The molecule has 1 aromatic heterocycles. The van der Waals surface area contributed by atoms with Gasteiger partial charge in [-0.3, -0.25) is 4.98 Å². The molecule has 2 aromatic rings. The first-order chi connectivity index (χ1) is 14.1. The Morgan fingerprint density at radius 1 is 1.13 bits per heavy atom. The second-order valence-corrected chi connectivity index (χ2v) is 8.32. The van der Waals surface area contributed by atoms with E-state index in [1.54, 1.807) is 32.9 Å². The summed E-state index contributed by atoms with van der Waals surface area (Å²) in [5, 5.41) is 3.66. The molecule has 2 rings (SSSR count). The van der Waals surface area contributed by atoms with Crippen molar-refractivity contribution < 1.29 is 23.8 Å². The number of alkyl carbamates (subject to hydrolysis) is 1. The van der Waals surface area contributed by atoms with Crippen molar-refractivity contribution in [3.05, 3.63) is 57.8 Å². The van der Waals surface area contributed by atoms with E-state index in [0.29, 0.717) is 22.2 Å². The van der Waals surface area contributed by atoms with Crippen LogP contribution in [0.4, 0.5) is 4.79 Å². The highest BCUT2D eigenvalue weighted by atomic mass is 35.5. The van der Waals surface area contributed by atoms with Gasteiger partial charge in [0.25, 0.3) is 0 Å². The van der Waals surface area contributed by atoms with E-state index in [1.807, 2.05) is 6.07 Å². The summed E-state index contributed by atoms with van der Waals surface area (Å²) in [7, 11) is 1.29. The zero-order chi connectivity index (χ0) is 22.3. The third-order valence-corrected chi connectivity index (χ3v) is 4.51. The fraction of sp³-hybridized carbons (Fsp3) is 0.381. The number of pyridine rings is 1. The Hall–Kier alpha value is -2.51. The van der Waals surface area contributed by atoms with E-state index in [1.165, 1.54) is 25.6 Å². The fourth-order valence-electron chi connectivity index (χ4n) is 2.50. The maximum atomic E-state index is 12.3. The van der Waals surface area contributed by atoms with Crippen LogP contribution < -0.4 is 10.1 Å². The van der Waals surface area contributed by atoms with Gasteiger partial charge in [-0.2, -0.15) is 0 Å². The maximum Gasteiger partial charge on any atom is 0.408 e. The van der Waals surface area contributed by atoms with Gasteiger partial charge in [-0.1, -0.05) is 29.3 Å². The summed E-state index contributed by atoms with van der Waals surface area (Å²) in [4.78, 5) is 27.9. The first-order valence-electron chi connectivity index (χ1n) is 9.17. The predicted octanol–water partition coefficient (Wildman–Crippen LogP) is 4.69. The molecule has 0 aliphatic heterocycles. The third-order valence-electron chi connectivity index (χ3n) is 3.77. The van der Waals surface area contributed by atoms with Crippen LogP contribution in [0.3, 0.4) is 0 Å². The molecule has 0 aliphatic rings. The van der Waals surface area contributed by atoms with Crippen molar-refractivity contribution in [3.63, 3.8) is 0 Å². The highest BCUT2D eigenvalue weighted by Gasteiger charge is 2.21. The number of aromatic nitrogens is 1. The number of halogens is 2. The number of carbonyl (C=O) groups is 2. The minimum Gasteiger partial charge on any atom is -0.490 e. The zero-order valence-corrected chi connectivity index (χ0v) is 18.7. The zero-order valence-electron chi connectivity index (χ0n) is 17.2. The quantitative estimate of drug-likeness (QED) is 0.610. The molecule has 30 heavy (non-hydrogen) atoms. The Labute approximate surface area is 185 Å². The lowest BCUT2D eigenvalue weighted by Gasteiger charge is -2.24. The molecule has 162 valence electrons. The molecular formula is C21H24Cl2N2O5. The van der Waals surface area contributed by atoms with E-state index in [0.717, 1.165) is 5.56 Å². The van der Waals surface area contributed by atoms with Gasteiger partial charge in [0.2, 0.25) is 0 Å². The second-order valence-electron chi connectivity index (χ2n) is 7.51. The molecule has 1 amide bonds. The van der Waals surface area contributed by atoms with Gasteiger partial charge in [0.15, 0.2) is 0 Å². The summed E-state index contributed by atoms with van der Waals surface area (Å²) >= 11 is 12.1. The molecule has 1 heterocycles. The van der Waals surface area contributed by atoms with Crippen LogP contribution in [0.1, 0.15) is 36.7 Å². The highest BCUT2D eigenvalue weighted by Crippen LogP contribution is 2.23. The SMILES string of the molecule is COC(=O)c1cncc(OC[C@H](Cc2ccc(Cl)c(Cl)c2)NC(=O)OC(C)(C)C)c1. The van der Waals surface area contributed by atoms with Crippen molar-refractivity contribution in [2.45, 2.75) is 38.8 Å². The lowest BCUT2D eigenvalue weighted by atomic mass is 10.1. The molecule has 0 fully saturated rings. The number of rotatable bonds is 7. The number of ether oxygens (including phenoxy) is 3. The first-order valence-corrected chi connectivity index (χ1v) is 9.92.